The molecule has 2 heterocycles. The summed E-state index contributed by atoms with van der Waals surface area (Å²) in [5.74, 6) is 1.71. The van der Waals surface area contributed by atoms with Gasteiger partial charge in [0.25, 0.3) is 0 Å². The van der Waals surface area contributed by atoms with Crippen LogP contribution in [0, 0.1) is 11.8 Å². The van der Waals surface area contributed by atoms with E-state index in [4.69, 9.17) is 4.74 Å². The molecule has 2 saturated heterocycles. The van der Waals surface area contributed by atoms with Crippen molar-refractivity contribution in [1.82, 2.24) is 10.2 Å². The van der Waals surface area contributed by atoms with Crippen LogP contribution in [0.4, 0.5) is 0 Å². The molecule has 17 heavy (non-hydrogen) atoms. The van der Waals surface area contributed by atoms with Crippen LogP contribution in [-0.4, -0.2) is 51.3 Å². The van der Waals surface area contributed by atoms with E-state index in [9.17, 15) is 0 Å². The van der Waals surface area contributed by atoms with Gasteiger partial charge in [0.15, 0.2) is 0 Å². The summed E-state index contributed by atoms with van der Waals surface area (Å²) >= 11 is 0. The van der Waals surface area contributed by atoms with Crippen LogP contribution in [0.5, 0.6) is 0 Å². The molecule has 0 aromatic carbocycles. The lowest BCUT2D eigenvalue weighted by Crippen LogP contribution is -2.39. The van der Waals surface area contributed by atoms with Crippen molar-refractivity contribution in [3.8, 4) is 0 Å². The zero-order valence-corrected chi connectivity index (χ0v) is 11.8. The Bertz CT molecular complexity index is 196. The fourth-order valence-electron chi connectivity index (χ4n) is 2.99. The zero-order chi connectivity index (χ0) is 11.2. The summed E-state index contributed by atoms with van der Waals surface area (Å²) in [4.78, 5) is 2.66. The van der Waals surface area contributed by atoms with Gasteiger partial charge >= 0.3 is 0 Å². The fraction of sp³-hybridized carbons (Fsp3) is 1.00. The number of halogens is 1. The largest absolute Gasteiger partial charge is 0.381 e. The molecule has 0 spiro atoms. The van der Waals surface area contributed by atoms with Gasteiger partial charge in [0.2, 0.25) is 0 Å². The molecular weight excluding hydrogens is 236 g/mol. The van der Waals surface area contributed by atoms with Gasteiger partial charge < -0.3 is 15.0 Å². The number of hydrogen-bond acceptors (Lipinski definition) is 3. The number of nitrogens with one attached hydrogen (secondary N) is 1. The first-order valence-corrected chi connectivity index (χ1v) is 6.83. The van der Waals surface area contributed by atoms with Crippen LogP contribution in [0.2, 0.25) is 0 Å². The molecule has 4 heteroatoms. The molecule has 2 aliphatic heterocycles. The van der Waals surface area contributed by atoms with Gasteiger partial charge in [-0.25, -0.2) is 0 Å². The van der Waals surface area contributed by atoms with Crippen molar-refractivity contribution in [3.63, 3.8) is 0 Å². The van der Waals surface area contributed by atoms with Gasteiger partial charge in [0.1, 0.15) is 0 Å². The summed E-state index contributed by atoms with van der Waals surface area (Å²) in [6, 6.07) is 0. The van der Waals surface area contributed by atoms with Crippen molar-refractivity contribution in [1.29, 1.82) is 0 Å². The van der Waals surface area contributed by atoms with Gasteiger partial charge in [-0.3, -0.25) is 0 Å². The van der Waals surface area contributed by atoms with Crippen LogP contribution in [0.3, 0.4) is 0 Å². The first-order valence-electron chi connectivity index (χ1n) is 6.83. The second-order valence-corrected chi connectivity index (χ2v) is 5.38. The maximum absolute atomic E-state index is 5.43. The molecular formula is C13H27ClN2O. The molecule has 0 amide bonds. The Balaban J connectivity index is 0.00000144. The second kappa shape index (κ2) is 8.30. The summed E-state index contributed by atoms with van der Waals surface area (Å²) in [6.45, 7) is 7.08. The maximum atomic E-state index is 5.43. The lowest BCUT2D eigenvalue weighted by Gasteiger charge is -2.33. The number of ether oxygens (including phenoxy) is 1. The smallest absolute Gasteiger partial charge is 0.0495 e. The standard InChI is InChI=1S/C13H26N2O.ClH/c1-14-9-13-3-2-6-15(10-13)7-4-12-5-8-16-11-12;/h12-14H,2-11H2,1H3;1H. The highest BCUT2D eigenvalue weighted by atomic mass is 35.5. The Labute approximate surface area is 112 Å². The molecule has 2 atom stereocenters. The maximum Gasteiger partial charge on any atom is 0.0495 e. The van der Waals surface area contributed by atoms with Gasteiger partial charge in [-0.2, -0.15) is 0 Å². The lowest BCUT2D eigenvalue weighted by atomic mass is 9.97. The van der Waals surface area contributed by atoms with Crippen LogP contribution in [-0.2, 0) is 4.74 Å². The molecule has 2 aliphatic rings. The third-order valence-corrected chi connectivity index (χ3v) is 3.97. The molecule has 0 radical (unpaired) electrons. The zero-order valence-electron chi connectivity index (χ0n) is 11.0. The topological polar surface area (TPSA) is 24.5 Å². The van der Waals surface area contributed by atoms with Crippen molar-refractivity contribution in [2.75, 3.05) is 46.4 Å². The molecule has 2 unspecified atom stereocenters. The van der Waals surface area contributed by atoms with E-state index in [0.717, 1.165) is 25.0 Å². The van der Waals surface area contributed by atoms with Gasteiger partial charge in [0, 0.05) is 19.8 Å². The highest BCUT2D eigenvalue weighted by molar-refractivity contribution is 5.85. The monoisotopic (exact) mass is 262 g/mol. The minimum atomic E-state index is 0. The number of piperidine rings is 1. The molecule has 0 aromatic rings. The minimum Gasteiger partial charge on any atom is -0.381 e. The number of hydrogen-bond donors (Lipinski definition) is 1. The van der Waals surface area contributed by atoms with Gasteiger partial charge in [-0.1, -0.05) is 0 Å². The Kier molecular flexibility index (Phi) is 7.44. The van der Waals surface area contributed by atoms with E-state index < -0.39 is 0 Å². The van der Waals surface area contributed by atoms with Crippen molar-refractivity contribution in [3.05, 3.63) is 0 Å². The summed E-state index contributed by atoms with van der Waals surface area (Å²) in [7, 11) is 2.06. The third kappa shape index (κ3) is 5.12. The number of rotatable bonds is 5. The highest BCUT2D eigenvalue weighted by Gasteiger charge is 2.21. The van der Waals surface area contributed by atoms with E-state index in [1.165, 1.54) is 51.9 Å². The van der Waals surface area contributed by atoms with Crippen molar-refractivity contribution < 1.29 is 4.74 Å². The molecule has 3 nitrogen and oxygen atoms in total. The quantitative estimate of drug-likeness (QED) is 0.817. The number of likely N-dealkylation sites (tertiary alicyclic amines) is 1. The van der Waals surface area contributed by atoms with E-state index in [1.807, 2.05) is 0 Å². The lowest BCUT2D eigenvalue weighted by molar-refractivity contribution is 0.153. The third-order valence-electron chi connectivity index (χ3n) is 3.97. The van der Waals surface area contributed by atoms with Crippen LogP contribution in [0.1, 0.15) is 25.7 Å². The molecule has 0 aliphatic carbocycles. The van der Waals surface area contributed by atoms with E-state index in [-0.39, 0.29) is 12.4 Å². The average molecular weight is 263 g/mol. The molecule has 0 saturated carbocycles. The van der Waals surface area contributed by atoms with Gasteiger partial charge in [-0.15, -0.1) is 12.4 Å². The molecule has 2 fully saturated rings. The van der Waals surface area contributed by atoms with Gasteiger partial charge in [0.05, 0.1) is 0 Å². The van der Waals surface area contributed by atoms with Gasteiger partial charge in [-0.05, 0) is 64.2 Å². The first-order chi connectivity index (χ1) is 7.88. The Morgan fingerprint density at radius 3 is 2.88 bits per heavy atom. The second-order valence-electron chi connectivity index (χ2n) is 5.38. The molecule has 0 bridgehead atoms. The van der Waals surface area contributed by atoms with Crippen LogP contribution < -0.4 is 5.32 Å². The summed E-state index contributed by atoms with van der Waals surface area (Å²) < 4.78 is 5.43. The summed E-state index contributed by atoms with van der Waals surface area (Å²) in [5.41, 5.74) is 0. The van der Waals surface area contributed by atoms with Crippen molar-refractivity contribution in [2.24, 2.45) is 11.8 Å². The Morgan fingerprint density at radius 1 is 1.29 bits per heavy atom. The van der Waals surface area contributed by atoms with E-state index in [1.54, 1.807) is 0 Å². The Hall–Kier alpha value is 0.170. The molecule has 2 rings (SSSR count). The minimum absolute atomic E-state index is 0. The average Bonchev–Trinajstić information content (AvgIpc) is 2.80. The van der Waals surface area contributed by atoms with Crippen LogP contribution in [0.25, 0.3) is 0 Å². The van der Waals surface area contributed by atoms with E-state index in [0.29, 0.717) is 0 Å². The van der Waals surface area contributed by atoms with E-state index >= 15 is 0 Å². The van der Waals surface area contributed by atoms with Crippen molar-refractivity contribution in [2.45, 2.75) is 25.7 Å². The summed E-state index contributed by atoms with van der Waals surface area (Å²) in [5, 5.41) is 3.31. The SMILES string of the molecule is CNCC1CCCN(CCC2CCOC2)C1.Cl. The van der Waals surface area contributed by atoms with Crippen LogP contribution in [0.15, 0.2) is 0 Å². The first kappa shape index (κ1) is 15.2. The molecule has 102 valence electrons. The molecule has 1 N–H and O–H groups in total. The Morgan fingerprint density at radius 2 is 2.18 bits per heavy atom. The van der Waals surface area contributed by atoms with Crippen LogP contribution >= 0.6 is 12.4 Å². The predicted octanol–water partition coefficient (Wildman–Crippen LogP) is 1.77. The normalized spacial score (nSPS) is 30.2. The summed E-state index contributed by atoms with van der Waals surface area (Å²) in [6.07, 6.45) is 5.41. The van der Waals surface area contributed by atoms with E-state index in [2.05, 4.69) is 17.3 Å². The van der Waals surface area contributed by atoms with Crippen molar-refractivity contribution >= 4 is 12.4 Å². The molecule has 0 aromatic heterocycles. The predicted molar refractivity (Wildman–Crippen MR) is 73.9 cm³/mol. The number of nitrogens with zero attached hydrogens (tertiary/aromatic N) is 1. The fourth-order valence-corrected chi connectivity index (χ4v) is 2.99. The highest BCUT2D eigenvalue weighted by Crippen LogP contribution is 2.20.